The zero-order chi connectivity index (χ0) is 14.4. The minimum Gasteiger partial charge on any atom is -0.387 e. The lowest BCUT2D eigenvalue weighted by Gasteiger charge is -2.29. The first-order valence-electron chi connectivity index (χ1n) is 7.01. The number of aliphatic hydroxyl groups is 1. The number of hydrogen-bond donors (Lipinski definition) is 1. The SMILES string of the molecule is CC(C(O)c1ccccc1)N(C)CCc1ccccn1. The second-order valence-electron chi connectivity index (χ2n) is 5.15. The number of nitrogens with zero attached hydrogens (tertiary/aromatic N) is 2. The molecule has 3 nitrogen and oxygen atoms in total. The van der Waals surface area contributed by atoms with Crippen LogP contribution in [0.5, 0.6) is 0 Å². The average Bonchev–Trinajstić information content (AvgIpc) is 2.53. The minimum absolute atomic E-state index is 0.0705. The molecule has 2 rings (SSSR count). The van der Waals surface area contributed by atoms with E-state index in [4.69, 9.17) is 0 Å². The van der Waals surface area contributed by atoms with Gasteiger partial charge in [0.15, 0.2) is 0 Å². The Kier molecular flexibility index (Phi) is 5.27. The van der Waals surface area contributed by atoms with E-state index in [1.54, 1.807) is 0 Å². The standard InChI is InChI=1S/C17H22N2O/c1-14(17(20)15-8-4-3-5-9-15)19(2)13-11-16-10-6-7-12-18-16/h3-10,12,14,17,20H,11,13H2,1-2H3. The Balaban J connectivity index is 1.90. The van der Waals surface area contributed by atoms with Crippen molar-refractivity contribution in [1.82, 2.24) is 9.88 Å². The van der Waals surface area contributed by atoms with E-state index in [0.29, 0.717) is 0 Å². The van der Waals surface area contributed by atoms with Crippen LogP contribution in [-0.4, -0.2) is 34.6 Å². The molecule has 0 radical (unpaired) electrons. The summed E-state index contributed by atoms with van der Waals surface area (Å²) in [6.07, 6.45) is 2.24. The van der Waals surface area contributed by atoms with Crippen LogP contribution in [0, 0.1) is 0 Å². The van der Waals surface area contributed by atoms with Crippen molar-refractivity contribution in [3.05, 3.63) is 66.0 Å². The number of aromatic nitrogens is 1. The number of aliphatic hydroxyl groups excluding tert-OH is 1. The van der Waals surface area contributed by atoms with Gasteiger partial charge in [-0.15, -0.1) is 0 Å². The maximum absolute atomic E-state index is 10.4. The van der Waals surface area contributed by atoms with Crippen LogP contribution >= 0.6 is 0 Å². The van der Waals surface area contributed by atoms with Gasteiger partial charge < -0.3 is 10.0 Å². The van der Waals surface area contributed by atoms with Crippen LogP contribution in [0.15, 0.2) is 54.7 Å². The maximum atomic E-state index is 10.4. The van der Waals surface area contributed by atoms with Gasteiger partial charge in [-0.2, -0.15) is 0 Å². The molecule has 2 atom stereocenters. The van der Waals surface area contributed by atoms with E-state index in [1.165, 1.54) is 0 Å². The molecule has 0 aliphatic heterocycles. The van der Waals surface area contributed by atoms with Gasteiger partial charge in [0, 0.05) is 30.9 Å². The van der Waals surface area contributed by atoms with Crippen molar-refractivity contribution >= 4 is 0 Å². The topological polar surface area (TPSA) is 36.4 Å². The molecule has 2 aromatic rings. The first-order valence-corrected chi connectivity index (χ1v) is 7.01. The summed E-state index contributed by atoms with van der Waals surface area (Å²) in [4.78, 5) is 6.50. The first kappa shape index (κ1) is 14.7. The normalized spacial score (nSPS) is 14.2. The van der Waals surface area contributed by atoms with Gasteiger partial charge >= 0.3 is 0 Å². The van der Waals surface area contributed by atoms with E-state index in [2.05, 4.69) is 16.8 Å². The van der Waals surface area contributed by atoms with Gasteiger partial charge in [0.25, 0.3) is 0 Å². The molecule has 0 saturated carbocycles. The molecule has 0 aliphatic carbocycles. The maximum Gasteiger partial charge on any atom is 0.0942 e. The van der Waals surface area contributed by atoms with Crippen molar-refractivity contribution in [3.8, 4) is 0 Å². The Bertz CT molecular complexity index is 501. The summed E-state index contributed by atoms with van der Waals surface area (Å²) in [7, 11) is 2.04. The highest BCUT2D eigenvalue weighted by atomic mass is 16.3. The molecule has 0 amide bonds. The Hall–Kier alpha value is -1.71. The molecule has 20 heavy (non-hydrogen) atoms. The molecular formula is C17H22N2O. The Morgan fingerprint density at radius 3 is 2.45 bits per heavy atom. The van der Waals surface area contributed by atoms with Gasteiger partial charge in [-0.25, -0.2) is 0 Å². The summed E-state index contributed by atoms with van der Waals surface area (Å²) in [5.41, 5.74) is 2.05. The second kappa shape index (κ2) is 7.17. The van der Waals surface area contributed by atoms with Crippen molar-refractivity contribution in [2.24, 2.45) is 0 Å². The molecule has 106 valence electrons. The summed E-state index contributed by atoms with van der Waals surface area (Å²) >= 11 is 0. The fourth-order valence-electron chi connectivity index (χ4n) is 2.21. The number of hydrogen-bond acceptors (Lipinski definition) is 3. The Morgan fingerprint density at radius 2 is 1.80 bits per heavy atom. The molecule has 1 N–H and O–H groups in total. The quantitative estimate of drug-likeness (QED) is 0.876. The van der Waals surface area contributed by atoms with E-state index in [1.807, 2.05) is 61.8 Å². The second-order valence-corrected chi connectivity index (χ2v) is 5.15. The van der Waals surface area contributed by atoms with Gasteiger partial charge in [0.2, 0.25) is 0 Å². The highest BCUT2D eigenvalue weighted by Crippen LogP contribution is 2.19. The highest BCUT2D eigenvalue weighted by molar-refractivity contribution is 5.18. The number of pyridine rings is 1. The predicted molar refractivity (Wildman–Crippen MR) is 81.4 cm³/mol. The molecule has 2 unspecified atom stereocenters. The van der Waals surface area contributed by atoms with E-state index in [0.717, 1.165) is 24.2 Å². The molecular weight excluding hydrogens is 248 g/mol. The van der Waals surface area contributed by atoms with Gasteiger partial charge in [-0.3, -0.25) is 4.98 Å². The third-order valence-corrected chi connectivity index (χ3v) is 3.74. The van der Waals surface area contributed by atoms with E-state index < -0.39 is 6.10 Å². The number of benzene rings is 1. The van der Waals surface area contributed by atoms with Gasteiger partial charge in [0.1, 0.15) is 0 Å². The average molecular weight is 270 g/mol. The third kappa shape index (κ3) is 3.89. The van der Waals surface area contributed by atoms with Crippen molar-refractivity contribution in [1.29, 1.82) is 0 Å². The molecule has 1 aromatic carbocycles. The van der Waals surface area contributed by atoms with Crippen LogP contribution in [-0.2, 0) is 6.42 Å². The van der Waals surface area contributed by atoms with Crippen LogP contribution in [0.1, 0.15) is 24.3 Å². The van der Waals surface area contributed by atoms with Crippen molar-refractivity contribution in [3.63, 3.8) is 0 Å². The lowest BCUT2D eigenvalue weighted by molar-refractivity contribution is 0.0731. The molecule has 1 heterocycles. The van der Waals surface area contributed by atoms with Crippen molar-refractivity contribution < 1.29 is 5.11 Å². The summed E-state index contributed by atoms with van der Waals surface area (Å²) in [6, 6.07) is 15.8. The molecule has 1 aromatic heterocycles. The molecule has 0 aliphatic rings. The lowest BCUT2D eigenvalue weighted by Crippen LogP contribution is -2.35. The van der Waals surface area contributed by atoms with Crippen LogP contribution in [0.2, 0.25) is 0 Å². The van der Waals surface area contributed by atoms with E-state index in [9.17, 15) is 5.11 Å². The summed E-state index contributed by atoms with van der Waals surface area (Å²) in [6.45, 7) is 2.93. The molecule has 3 heteroatoms. The van der Waals surface area contributed by atoms with Gasteiger partial charge in [-0.05, 0) is 31.7 Å². The van der Waals surface area contributed by atoms with Crippen LogP contribution in [0.3, 0.4) is 0 Å². The summed E-state index contributed by atoms with van der Waals surface area (Å²) < 4.78 is 0. The monoisotopic (exact) mass is 270 g/mol. The van der Waals surface area contributed by atoms with E-state index in [-0.39, 0.29) is 6.04 Å². The minimum atomic E-state index is -0.468. The number of rotatable bonds is 6. The fourth-order valence-corrected chi connectivity index (χ4v) is 2.21. The zero-order valence-corrected chi connectivity index (χ0v) is 12.1. The predicted octanol–water partition coefficient (Wildman–Crippen LogP) is 2.68. The van der Waals surface area contributed by atoms with Crippen molar-refractivity contribution in [2.75, 3.05) is 13.6 Å². The highest BCUT2D eigenvalue weighted by Gasteiger charge is 2.20. The summed E-state index contributed by atoms with van der Waals surface area (Å²) in [5, 5.41) is 10.4. The Labute approximate surface area is 120 Å². The summed E-state index contributed by atoms with van der Waals surface area (Å²) in [5.74, 6) is 0. The molecule has 0 bridgehead atoms. The first-order chi connectivity index (χ1) is 9.68. The van der Waals surface area contributed by atoms with Gasteiger partial charge in [0.05, 0.1) is 6.10 Å². The van der Waals surface area contributed by atoms with Crippen LogP contribution in [0.25, 0.3) is 0 Å². The molecule has 0 spiro atoms. The molecule has 0 fully saturated rings. The van der Waals surface area contributed by atoms with Gasteiger partial charge in [-0.1, -0.05) is 36.4 Å². The smallest absolute Gasteiger partial charge is 0.0942 e. The van der Waals surface area contributed by atoms with Crippen LogP contribution in [0.4, 0.5) is 0 Å². The number of likely N-dealkylation sites (N-methyl/N-ethyl adjacent to an activating group) is 1. The fraction of sp³-hybridized carbons (Fsp3) is 0.353. The molecule has 0 saturated heterocycles. The zero-order valence-electron chi connectivity index (χ0n) is 12.1. The largest absolute Gasteiger partial charge is 0.387 e. The lowest BCUT2D eigenvalue weighted by atomic mass is 10.0. The van der Waals surface area contributed by atoms with E-state index >= 15 is 0 Å². The third-order valence-electron chi connectivity index (χ3n) is 3.74. The van der Waals surface area contributed by atoms with Crippen LogP contribution < -0.4 is 0 Å². The Morgan fingerprint density at radius 1 is 1.10 bits per heavy atom. The van der Waals surface area contributed by atoms with Crippen molar-refractivity contribution in [2.45, 2.75) is 25.5 Å².